The molecule has 28 heavy (non-hydrogen) atoms. The van der Waals surface area contributed by atoms with Crippen molar-refractivity contribution in [2.24, 2.45) is 5.73 Å². The van der Waals surface area contributed by atoms with Gasteiger partial charge in [0.2, 0.25) is 0 Å². The summed E-state index contributed by atoms with van der Waals surface area (Å²) in [5.74, 6) is 0.733. The van der Waals surface area contributed by atoms with Crippen molar-refractivity contribution in [1.82, 2.24) is 9.61 Å². The molecule has 1 aliphatic rings. The standard InChI is InChI=1S/C21H24N6O/c22-13-14-5-1-3-7-17(14)25-21(28)19-11-9-15-10-12-20(26-27(15)19)24-18-8-4-2-6-16(18)23/h1,3,5,7,9-12,16,18,21,25,28H,2,4,6,8,23H2,(H,24,26)/t16-,18+,21?/m0/s1. The lowest BCUT2D eigenvalue weighted by atomic mass is 9.91. The number of para-hydroxylation sites is 1. The zero-order valence-electron chi connectivity index (χ0n) is 15.5. The monoisotopic (exact) mass is 376 g/mol. The molecule has 5 N–H and O–H groups in total. The molecule has 0 saturated heterocycles. The highest BCUT2D eigenvalue weighted by atomic mass is 16.3. The van der Waals surface area contributed by atoms with Crippen LogP contribution in [0.5, 0.6) is 0 Å². The van der Waals surface area contributed by atoms with Crippen LogP contribution < -0.4 is 16.4 Å². The van der Waals surface area contributed by atoms with Gasteiger partial charge in [-0.1, -0.05) is 25.0 Å². The second kappa shape index (κ2) is 7.89. The van der Waals surface area contributed by atoms with Gasteiger partial charge in [0.15, 0.2) is 6.23 Å². The molecule has 3 aromatic rings. The van der Waals surface area contributed by atoms with Gasteiger partial charge in [-0.05, 0) is 49.2 Å². The Balaban J connectivity index is 1.58. The number of hydrogen-bond donors (Lipinski definition) is 4. The number of nitrogens with zero attached hydrogens (tertiary/aromatic N) is 3. The van der Waals surface area contributed by atoms with Crippen molar-refractivity contribution in [2.45, 2.75) is 44.0 Å². The van der Waals surface area contributed by atoms with Gasteiger partial charge >= 0.3 is 0 Å². The second-order valence-corrected chi connectivity index (χ2v) is 7.22. The molecular weight excluding hydrogens is 352 g/mol. The van der Waals surface area contributed by atoms with E-state index in [0.717, 1.165) is 24.2 Å². The predicted molar refractivity (Wildman–Crippen MR) is 109 cm³/mol. The molecular formula is C21H24N6O. The Bertz CT molecular complexity index is 1010. The molecule has 0 radical (unpaired) electrons. The van der Waals surface area contributed by atoms with Crippen LogP contribution in [0.3, 0.4) is 0 Å². The van der Waals surface area contributed by atoms with Crippen LogP contribution in [0.1, 0.15) is 43.2 Å². The molecule has 1 aromatic carbocycles. The van der Waals surface area contributed by atoms with E-state index in [1.54, 1.807) is 22.7 Å². The summed E-state index contributed by atoms with van der Waals surface area (Å²) >= 11 is 0. The Morgan fingerprint density at radius 2 is 1.93 bits per heavy atom. The van der Waals surface area contributed by atoms with Crippen LogP contribution in [0.2, 0.25) is 0 Å². The van der Waals surface area contributed by atoms with E-state index in [-0.39, 0.29) is 12.1 Å². The lowest BCUT2D eigenvalue weighted by molar-refractivity contribution is 0.201. The van der Waals surface area contributed by atoms with Crippen LogP contribution >= 0.6 is 0 Å². The largest absolute Gasteiger partial charge is 0.368 e. The molecule has 4 rings (SSSR count). The molecule has 0 bridgehead atoms. The van der Waals surface area contributed by atoms with E-state index in [4.69, 9.17) is 5.73 Å². The van der Waals surface area contributed by atoms with Crippen molar-refractivity contribution in [2.75, 3.05) is 10.6 Å². The number of nitrogens with two attached hydrogens (primary N) is 1. The summed E-state index contributed by atoms with van der Waals surface area (Å²) in [4.78, 5) is 0. The van der Waals surface area contributed by atoms with Crippen LogP contribution in [-0.4, -0.2) is 26.8 Å². The predicted octanol–water partition coefficient (Wildman–Crippen LogP) is 2.99. The van der Waals surface area contributed by atoms with Crippen molar-refractivity contribution in [3.8, 4) is 6.07 Å². The average Bonchev–Trinajstić information content (AvgIpc) is 3.13. The van der Waals surface area contributed by atoms with E-state index in [0.29, 0.717) is 16.9 Å². The van der Waals surface area contributed by atoms with Crippen molar-refractivity contribution in [1.29, 1.82) is 5.26 Å². The second-order valence-electron chi connectivity index (χ2n) is 7.22. The van der Waals surface area contributed by atoms with Gasteiger partial charge in [-0.2, -0.15) is 10.4 Å². The molecule has 1 unspecified atom stereocenters. The summed E-state index contributed by atoms with van der Waals surface area (Å²) in [6, 6.07) is 17.2. The van der Waals surface area contributed by atoms with Gasteiger partial charge in [0.05, 0.1) is 22.5 Å². The number of aliphatic hydroxyl groups is 1. The molecule has 0 amide bonds. The summed E-state index contributed by atoms with van der Waals surface area (Å²) in [5.41, 5.74) is 8.77. The number of nitriles is 1. The third-order valence-corrected chi connectivity index (χ3v) is 5.31. The maximum atomic E-state index is 10.7. The van der Waals surface area contributed by atoms with Gasteiger partial charge in [-0.15, -0.1) is 0 Å². The molecule has 2 heterocycles. The number of anilines is 2. The first-order valence-electron chi connectivity index (χ1n) is 9.60. The third-order valence-electron chi connectivity index (χ3n) is 5.31. The maximum absolute atomic E-state index is 10.7. The molecule has 1 fully saturated rings. The van der Waals surface area contributed by atoms with E-state index in [1.165, 1.54) is 12.8 Å². The first-order valence-corrected chi connectivity index (χ1v) is 9.60. The van der Waals surface area contributed by atoms with Crippen LogP contribution in [0.15, 0.2) is 48.5 Å². The Hall–Kier alpha value is -3.08. The topological polar surface area (TPSA) is 111 Å². The fraction of sp³-hybridized carbons (Fsp3) is 0.333. The number of nitrogens with one attached hydrogen (secondary N) is 2. The minimum absolute atomic E-state index is 0.130. The molecule has 7 nitrogen and oxygen atoms in total. The lowest BCUT2D eigenvalue weighted by Gasteiger charge is -2.29. The van der Waals surface area contributed by atoms with Gasteiger partial charge in [-0.3, -0.25) is 0 Å². The normalized spacial score (nSPS) is 20.5. The molecule has 1 aliphatic carbocycles. The Labute approximate surface area is 163 Å². The van der Waals surface area contributed by atoms with Gasteiger partial charge in [0, 0.05) is 12.1 Å². The van der Waals surface area contributed by atoms with E-state index in [1.807, 2.05) is 30.3 Å². The minimum atomic E-state index is -1.00. The summed E-state index contributed by atoms with van der Waals surface area (Å²) in [7, 11) is 0. The van der Waals surface area contributed by atoms with E-state index < -0.39 is 6.23 Å². The minimum Gasteiger partial charge on any atom is -0.368 e. The number of benzene rings is 1. The fourth-order valence-corrected chi connectivity index (χ4v) is 3.75. The first-order chi connectivity index (χ1) is 13.7. The number of hydrogen-bond acceptors (Lipinski definition) is 6. The van der Waals surface area contributed by atoms with Gasteiger partial charge < -0.3 is 21.5 Å². The Morgan fingerprint density at radius 1 is 1.14 bits per heavy atom. The van der Waals surface area contributed by atoms with Crippen molar-refractivity contribution < 1.29 is 5.11 Å². The van der Waals surface area contributed by atoms with Gasteiger partial charge in [-0.25, -0.2) is 4.52 Å². The highest BCUT2D eigenvalue weighted by molar-refractivity contribution is 5.58. The van der Waals surface area contributed by atoms with Crippen LogP contribution in [0, 0.1) is 11.3 Å². The summed E-state index contributed by atoms with van der Waals surface area (Å²) < 4.78 is 1.71. The van der Waals surface area contributed by atoms with E-state index in [2.05, 4.69) is 21.8 Å². The van der Waals surface area contributed by atoms with Gasteiger partial charge in [0.1, 0.15) is 11.9 Å². The van der Waals surface area contributed by atoms with E-state index >= 15 is 0 Å². The van der Waals surface area contributed by atoms with Crippen LogP contribution in [0.25, 0.3) is 5.52 Å². The number of fused-ring (bicyclic) bond motifs is 1. The van der Waals surface area contributed by atoms with Crippen LogP contribution in [0.4, 0.5) is 11.5 Å². The summed E-state index contributed by atoms with van der Waals surface area (Å²) in [6.45, 7) is 0. The zero-order valence-corrected chi connectivity index (χ0v) is 15.5. The van der Waals surface area contributed by atoms with E-state index in [9.17, 15) is 10.4 Å². The van der Waals surface area contributed by atoms with Crippen molar-refractivity contribution >= 4 is 17.0 Å². The zero-order chi connectivity index (χ0) is 19.5. The molecule has 3 atom stereocenters. The number of aromatic nitrogens is 2. The fourth-order valence-electron chi connectivity index (χ4n) is 3.75. The highest BCUT2D eigenvalue weighted by Gasteiger charge is 2.22. The smallest absolute Gasteiger partial charge is 0.168 e. The lowest BCUT2D eigenvalue weighted by Crippen LogP contribution is -2.42. The molecule has 0 spiro atoms. The number of rotatable bonds is 5. The van der Waals surface area contributed by atoms with Crippen molar-refractivity contribution in [3.05, 3.63) is 59.8 Å². The Morgan fingerprint density at radius 3 is 2.75 bits per heavy atom. The Kier molecular flexibility index (Phi) is 5.15. The molecule has 2 aromatic heterocycles. The average molecular weight is 376 g/mol. The third kappa shape index (κ3) is 3.65. The quantitative estimate of drug-likeness (QED) is 0.510. The maximum Gasteiger partial charge on any atom is 0.168 e. The van der Waals surface area contributed by atoms with Crippen molar-refractivity contribution in [3.63, 3.8) is 0 Å². The highest BCUT2D eigenvalue weighted by Crippen LogP contribution is 2.24. The molecule has 1 saturated carbocycles. The molecule has 7 heteroatoms. The molecule has 0 aliphatic heterocycles. The first kappa shape index (κ1) is 18.3. The summed E-state index contributed by atoms with van der Waals surface area (Å²) in [5, 5.41) is 31.0. The SMILES string of the molecule is N#Cc1ccccc1NC(O)c1ccc2ccc(N[C@@H]3CCCC[C@@H]3N)nn12. The van der Waals surface area contributed by atoms with Gasteiger partial charge in [0.25, 0.3) is 0 Å². The number of aliphatic hydroxyl groups excluding tert-OH is 1. The van der Waals surface area contributed by atoms with Crippen LogP contribution in [-0.2, 0) is 0 Å². The molecule has 144 valence electrons. The summed E-state index contributed by atoms with van der Waals surface area (Å²) in [6.07, 6.45) is 3.40.